The SMILES string of the molecule is Cc1ccc([C@H](CNC(=O)[C@@H]2C[C@@H]2c2ccco2)N2CCCC2)o1. The van der Waals surface area contributed by atoms with E-state index in [2.05, 4.69) is 10.2 Å². The van der Waals surface area contributed by atoms with Crippen molar-refractivity contribution in [3.8, 4) is 0 Å². The van der Waals surface area contributed by atoms with E-state index < -0.39 is 0 Å². The fraction of sp³-hybridized carbons (Fsp3) is 0.526. The lowest BCUT2D eigenvalue weighted by molar-refractivity contribution is -0.122. The van der Waals surface area contributed by atoms with Crippen molar-refractivity contribution < 1.29 is 13.6 Å². The quantitative estimate of drug-likeness (QED) is 0.884. The molecule has 0 radical (unpaired) electrons. The van der Waals surface area contributed by atoms with Gasteiger partial charge in [0.15, 0.2) is 0 Å². The average Bonchev–Trinajstić information content (AvgIpc) is 3.03. The zero-order valence-corrected chi connectivity index (χ0v) is 14.0. The van der Waals surface area contributed by atoms with E-state index in [-0.39, 0.29) is 23.8 Å². The molecule has 1 saturated carbocycles. The molecule has 24 heavy (non-hydrogen) atoms. The molecule has 2 aliphatic rings. The Kier molecular flexibility index (Phi) is 4.19. The molecule has 3 heterocycles. The summed E-state index contributed by atoms with van der Waals surface area (Å²) in [5.74, 6) is 3.22. The maximum Gasteiger partial charge on any atom is 0.223 e. The molecule has 0 unspecified atom stereocenters. The summed E-state index contributed by atoms with van der Waals surface area (Å²) in [6.45, 7) is 4.70. The Balaban J connectivity index is 1.37. The van der Waals surface area contributed by atoms with Gasteiger partial charge in [0.1, 0.15) is 17.3 Å². The van der Waals surface area contributed by atoms with E-state index in [0.29, 0.717) is 6.54 Å². The Labute approximate surface area is 142 Å². The second kappa shape index (κ2) is 6.48. The molecule has 1 amide bonds. The number of furan rings is 2. The third-order valence-corrected chi connectivity index (χ3v) is 5.18. The molecule has 5 heteroatoms. The third-order valence-electron chi connectivity index (χ3n) is 5.18. The van der Waals surface area contributed by atoms with Crippen molar-refractivity contribution >= 4 is 5.91 Å². The number of hydrogen-bond donors (Lipinski definition) is 1. The van der Waals surface area contributed by atoms with E-state index in [1.54, 1.807) is 6.26 Å². The molecule has 2 aromatic rings. The highest BCUT2D eigenvalue weighted by atomic mass is 16.3. The molecule has 5 nitrogen and oxygen atoms in total. The fourth-order valence-electron chi connectivity index (χ4n) is 3.73. The van der Waals surface area contributed by atoms with Crippen LogP contribution < -0.4 is 5.32 Å². The molecule has 2 fully saturated rings. The number of amides is 1. The molecule has 0 aromatic carbocycles. The summed E-state index contributed by atoms with van der Waals surface area (Å²) < 4.78 is 11.3. The van der Waals surface area contributed by atoms with Gasteiger partial charge in [-0.25, -0.2) is 0 Å². The summed E-state index contributed by atoms with van der Waals surface area (Å²) in [5, 5.41) is 3.14. The zero-order chi connectivity index (χ0) is 16.5. The predicted octanol–water partition coefficient (Wildman–Crippen LogP) is 3.24. The number of carbonyl (C=O) groups is 1. The van der Waals surface area contributed by atoms with Gasteiger partial charge in [-0.1, -0.05) is 0 Å². The molecule has 3 atom stereocenters. The van der Waals surface area contributed by atoms with Gasteiger partial charge in [-0.15, -0.1) is 0 Å². The van der Waals surface area contributed by atoms with Crippen LogP contribution in [0.3, 0.4) is 0 Å². The Morgan fingerprint density at radius 2 is 2.17 bits per heavy atom. The summed E-state index contributed by atoms with van der Waals surface area (Å²) in [7, 11) is 0. The predicted molar refractivity (Wildman–Crippen MR) is 89.6 cm³/mol. The van der Waals surface area contributed by atoms with Crippen molar-refractivity contribution in [2.45, 2.75) is 38.1 Å². The number of rotatable bonds is 6. The Hall–Kier alpha value is -2.01. The van der Waals surface area contributed by atoms with Gasteiger partial charge >= 0.3 is 0 Å². The maximum atomic E-state index is 12.5. The van der Waals surface area contributed by atoms with Gasteiger partial charge in [0.25, 0.3) is 0 Å². The van der Waals surface area contributed by atoms with E-state index in [9.17, 15) is 4.79 Å². The number of aryl methyl sites for hydroxylation is 1. The number of nitrogens with one attached hydrogen (secondary N) is 1. The lowest BCUT2D eigenvalue weighted by Gasteiger charge is -2.26. The molecule has 128 valence electrons. The highest BCUT2D eigenvalue weighted by Crippen LogP contribution is 2.47. The molecule has 0 spiro atoms. The molecular formula is C19H24N2O3. The molecule has 4 rings (SSSR count). The van der Waals surface area contributed by atoms with Crippen LogP contribution in [-0.2, 0) is 4.79 Å². The molecule has 0 bridgehead atoms. The van der Waals surface area contributed by atoms with Crippen LogP contribution in [0.2, 0.25) is 0 Å². The van der Waals surface area contributed by atoms with Crippen molar-refractivity contribution in [1.29, 1.82) is 0 Å². The van der Waals surface area contributed by atoms with Gasteiger partial charge in [-0.05, 0) is 63.5 Å². The number of carbonyl (C=O) groups excluding carboxylic acids is 1. The number of likely N-dealkylation sites (tertiary alicyclic amines) is 1. The van der Waals surface area contributed by atoms with Gasteiger partial charge in [0, 0.05) is 18.4 Å². The smallest absolute Gasteiger partial charge is 0.223 e. The minimum Gasteiger partial charge on any atom is -0.469 e. The molecule has 1 aliphatic carbocycles. The summed E-state index contributed by atoms with van der Waals surface area (Å²) in [5.41, 5.74) is 0. The summed E-state index contributed by atoms with van der Waals surface area (Å²) in [6, 6.07) is 7.99. The first-order chi connectivity index (χ1) is 11.7. The highest BCUT2D eigenvalue weighted by Gasteiger charge is 2.46. The van der Waals surface area contributed by atoms with Crippen LogP contribution in [0, 0.1) is 12.8 Å². The van der Waals surface area contributed by atoms with Crippen molar-refractivity contribution in [3.05, 3.63) is 47.8 Å². The third kappa shape index (κ3) is 3.13. The number of hydrogen-bond acceptors (Lipinski definition) is 4. The minimum atomic E-state index is 0.0497. The van der Waals surface area contributed by atoms with Gasteiger partial charge in [-0.3, -0.25) is 9.69 Å². The van der Waals surface area contributed by atoms with Gasteiger partial charge < -0.3 is 14.2 Å². The Morgan fingerprint density at radius 1 is 1.33 bits per heavy atom. The Morgan fingerprint density at radius 3 is 2.83 bits per heavy atom. The first kappa shape index (κ1) is 15.5. The standard InChI is InChI=1S/C19H24N2O3/c1-13-6-7-18(24-13)16(21-8-2-3-9-21)12-20-19(22)15-11-14(15)17-5-4-10-23-17/h4-7,10,14-16H,2-3,8-9,11-12H2,1H3,(H,20,22)/t14-,15+,16-/m0/s1. The zero-order valence-electron chi connectivity index (χ0n) is 14.0. The summed E-state index contributed by atoms with van der Waals surface area (Å²) in [4.78, 5) is 14.9. The van der Waals surface area contributed by atoms with Crippen LogP contribution >= 0.6 is 0 Å². The Bertz CT molecular complexity index is 685. The molecular weight excluding hydrogens is 304 g/mol. The molecule has 1 aliphatic heterocycles. The van der Waals surface area contributed by atoms with Crippen LogP contribution in [0.1, 0.15) is 48.5 Å². The highest BCUT2D eigenvalue weighted by molar-refractivity contribution is 5.82. The maximum absolute atomic E-state index is 12.5. The first-order valence-corrected chi connectivity index (χ1v) is 8.84. The van der Waals surface area contributed by atoms with E-state index in [0.717, 1.165) is 36.8 Å². The minimum absolute atomic E-state index is 0.0497. The van der Waals surface area contributed by atoms with Crippen LogP contribution in [0.5, 0.6) is 0 Å². The van der Waals surface area contributed by atoms with Crippen LogP contribution in [0.15, 0.2) is 39.4 Å². The van der Waals surface area contributed by atoms with E-state index in [1.807, 2.05) is 31.2 Å². The second-order valence-corrected chi connectivity index (χ2v) is 6.92. The van der Waals surface area contributed by atoms with Crippen LogP contribution in [0.25, 0.3) is 0 Å². The van der Waals surface area contributed by atoms with Gasteiger partial charge in [-0.2, -0.15) is 0 Å². The van der Waals surface area contributed by atoms with Crippen molar-refractivity contribution in [1.82, 2.24) is 10.2 Å². The van der Waals surface area contributed by atoms with Crippen molar-refractivity contribution in [3.63, 3.8) is 0 Å². The van der Waals surface area contributed by atoms with Gasteiger partial charge in [0.05, 0.1) is 12.3 Å². The van der Waals surface area contributed by atoms with Crippen molar-refractivity contribution in [2.75, 3.05) is 19.6 Å². The monoisotopic (exact) mass is 328 g/mol. The second-order valence-electron chi connectivity index (χ2n) is 6.92. The summed E-state index contributed by atoms with van der Waals surface area (Å²) in [6.07, 6.45) is 4.99. The van der Waals surface area contributed by atoms with Crippen LogP contribution in [0.4, 0.5) is 0 Å². The number of nitrogens with zero attached hydrogens (tertiary/aromatic N) is 1. The fourth-order valence-corrected chi connectivity index (χ4v) is 3.73. The van der Waals surface area contributed by atoms with E-state index in [4.69, 9.17) is 8.83 Å². The molecule has 1 saturated heterocycles. The van der Waals surface area contributed by atoms with Crippen molar-refractivity contribution in [2.24, 2.45) is 5.92 Å². The molecule has 2 aromatic heterocycles. The largest absolute Gasteiger partial charge is 0.469 e. The van der Waals surface area contributed by atoms with E-state index in [1.165, 1.54) is 12.8 Å². The average molecular weight is 328 g/mol. The normalized spacial score (nSPS) is 24.9. The lowest BCUT2D eigenvalue weighted by atomic mass is 10.2. The van der Waals surface area contributed by atoms with Crippen LogP contribution in [-0.4, -0.2) is 30.4 Å². The van der Waals surface area contributed by atoms with E-state index >= 15 is 0 Å². The molecule has 1 N–H and O–H groups in total. The first-order valence-electron chi connectivity index (χ1n) is 8.84. The topological polar surface area (TPSA) is 58.6 Å². The summed E-state index contributed by atoms with van der Waals surface area (Å²) >= 11 is 0. The van der Waals surface area contributed by atoms with Gasteiger partial charge in [0.2, 0.25) is 5.91 Å². The lowest BCUT2D eigenvalue weighted by Crippen LogP contribution is -2.37.